The van der Waals surface area contributed by atoms with Crippen LogP contribution in [0.25, 0.3) is 0 Å². The van der Waals surface area contributed by atoms with Gasteiger partial charge in [0.25, 0.3) is 10.0 Å². The Morgan fingerprint density at radius 3 is 2.18 bits per heavy atom. The van der Waals surface area contributed by atoms with Gasteiger partial charge in [-0.15, -0.1) is 0 Å². The fourth-order valence-electron chi connectivity index (χ4n) is 3.26. The molecule has 1 atom stereocenters. The highest BCUT2D eigenvalue weighted by atomic mass is 35.5. The van der Waals surface area contributed by atoms with Gasteiger partial charge in [-0.05, 0) is 73.5 Å². The number of benzene rings is 3. The molecule has 3 aromatic rings. The maximum Gasteiger partial charge on any atom is 0.265 e. The van der Waals surface area contributed by atoms with E-state index in [0.717, 1.165) is 12.1 Å². The minimum atomic E-state index is -4.37. The number of sulfonamides is 1. The molecule has 0 bridgehead atoms. The lowest BCUT2D eigenvalue weighted by Gasteiger charge is -2.30. The molecule has 1 N–H and O–H groups in total. The lowest BCUT2D eigenvalue weighted by Crippen LogP contribution is -2.49. The van der Waals surface area contributed by atoms with Crippen LogP contribution >= 0.6 is 46.4 Å². The lowest BCUT2D eigenvalue weighted by molar-refractivity contribution is -0.121. The number of halogens is 5. The van der Waals surface area contributed by atoms with Crippen LogP contribution in [-0.2, 0) is 21.2 Å². The maximum atomic E-state index is 14.8. The van der Waals surface area contributed by atoms with E-state index in [2.05, 4.69) is 5.32 Å². The molecule has 0 heterocycles. The normalized spacial score (nSPS) is 12.3. The van der Waals surface area contributed by atoms with E-state index in [-0.39, 0.29) is 22.2 Å². The molecule has 0 aliphatic rings. The van der Waals surface area contributed by atoms with Crippen molar-refractivity contribution in [2.24, 2.45) is 0 Å². The molecule has 3 rings (SSSR count). The first kappa shape index (κ1) is 26.6. The highest BCUT2D eigenvalue weighted by Gasteiger charge is 2.35. The summed E-state index contributed by atoms with van der Waals surface area (Å²) in [6.07, 6.45) is 0.312. The standard InChI is InChI=1S/C23H19Cl4FN2O3S/c1-14(23(31)29-12-11-18-19(26)3-2-4-20(18)27)30(22-13-16(25)7-10-21(22)28)34(32,33)17-8-5-15(24)6-9-17/h2-10,13-14H,11-12H2,1H3,(H,29,31)/t14-/m1/s1. The van der Waals surface area contributed by atoms with E-state index in [1.54, 1.807) is 18.2 Å². The Morgan fingerprint density at radius 2 is 1.56 bits per heavy atom. The van der Waals surface area contributed by atoms with Gasteiger partial charge >= 0.3 is 0 Å². The number of nitrogens with zero attached hydrogens (tertiary/aromatic N) is 1. The summed E-state index contributed by atoms with van der Waals surface area (Å²) >= 11 is 24.2. The van der Waals surface area contributed by atoms with Crippen molar-refractivity contribution in [3.05, 3.63) is 92.1 Å². The SMILES string of the molecule is C[C@H](C(=O)NCCc1c(Cl)cccc1Cl)N(c1cc(Cl)ccc1F)S(=O)(=O)c1ccc(Cl)cc1. The Kier molecular flexibility index (Phi) is 8.71. The molecule has 0 spiro atoms. The summed E-state index contributed by atoms with van der Waals surface area (Å²) in [6, 6.07) is 12.5. The summed E-state index contributed by atoms with van der Waals surface area (Å²) in [5.74, 6) is -1.51. The van der Waals surface area contributed by atoms with Crippen LogP contribution < -0.4 is 9.62 Å². The molecular weight excluding hydrogens is 545 g/mol. The highest BCUT2D eigenvalue weighted by Crippen LogP contribution is 2.31. The molecule has 0 aliphatic carbocycles. The lowest BCUT2D eigenvalue weighted by atomic mass is 10.1. The third-order valence-corrected chi connectivity index (χ3v) is 8.08. The first-order valence-electron chi connectivity index (χ1n) is 9.98. The molecule has 0 saturated heterocycles. The van der Waals surface area contributed by atoms with Crippen LogP contribution in [0.5, 0.6) is 0 Å². The quantitative estimate of drug-likeness (QED) is 0.346. The van der Waals surface area contributed by atoms with E-state index in [1.165, 1.54) is 37.3 Å². The van der Waals surface area contributed by atoms with Crippen molar-refractivity contribution in [3.63, 3.8) is 0 Å². The van der Waals surface area contributed by atoms with Gasteiger partial charge < -0.3 is 5.32 Å². The van der Waals surface area contributed by atoms with Crippen molar-refractivity contribution in [1.82, 2.24) is 5.32 Å². The van der Waals surface area contributed by atoms with Gasteiger partial charge in [0, 0.05) is 26.6 Å². The van der Waals surface area contributed by atoms with Crippen LogP contribution in [0.4, 0.5) is 10.1 Å². The van der Waals surface area contributed by atoms with Gasteiger partial charge in [0.05, 0.1) is 10.6 Å². The Balaban J connectivity index is 1.91. The minimum absolute atomic E-state index is 0.105. The zero-order chi connectivity index (χ0) is 25.0. The van der Waals surface area contributed by atoms with Gasteiger partial charge in [0.2, 0.25) is 5.91 Å². The second-order valence-corrected chi connectivity index (χ2v) is 10.8. The Morgan fingerprint density at radius 1 is 0.971 bits per heavy atom. The van der Waals surface area contributed by atoms with Crippen molar-refractivity contribution in [3.8, 4) is 0 Å². The summed E-state index contributed by atoms with van der Waals surface area (Å²) in [4.78, 5) is 12.8. The van der Waals surface area contributed by atoms with Crippen LogP contribution in [0.1, 0.15) is 12.5 Å². The van der Waals surface area contributed by atoms with Crippen molar-refractivity contribution in [2.45, 2.75) is 24.3 Å². The zero-order valence-corrected chi connectivity index (χ0v) is 21.6. The number of nitrogens with one attached hydrogen (secondary N) is 1. The monoisotopic (exact) mass is 562 g/mol. The van der Waals surface area contributed by atoms with Crippen LogP contribution in [0.2, 0.25) is 20.1 Å². The maximum absolute atomic E-state index is 14.8. The first-order valence-corrected chi connectivity index (χ1v) is 12.9. The molecule has 11 heteroatoms. The number of carbonyl (C=O) groups excluding carboxylic acids is 1. The summed E-state index contributed by atoms with van der Waals surface area (Å²) in [5, 5.41) is 3.99. The van der Waals surface area contributed by atoms with Gasteiger partial charge in [0.1, 0.15) is 11.9 Å². The van der Waals surface area contributed by atoms with Crippen LogP contribution in [0.15, 0.2) is 65.6 Å². The van der Waals surface area contributed by atoms with E-state index in [1.807, 2.05) is 0 Å². The number of amides is 1. The molecule has 0 aliphatic heterocycles. The van der Waals surface area contributed by atoms with Gasteiger partial charge in [-0.1, -0.05) is 52.5 Å². The molecule has 0 aromatic heterocycles. The van der Waals surface area contributed by atoms with Gasteiger partial charge in [-0.3, -0.25) is 9.10 Å². The van der Waals surface area contributed by atoms with Gasteiger partial charge in [-0.25, -0.2) is 12.8 Å². The van der Waals surface area contributed by atoms with E-state index >= 15 is 0 Å². The average molecular weight is 564 g/mol. The number of anilines is 1. The molecule has 0 unspecified atom stereocenters. The smallest absolute Gasteiger partial charge is 0.265 e. The largest absolute Gasteiger partial charge is 0.354 e. The number of rotatable bonds is 8. The summed E-state index contributed by atoms with van der Waals surface area (Å²) in [5.41, 5.74) is 0.282. The third kappa shape index (κ3) is 5.96. The van der Waals surface area contributed by atoms with Gasteiger partial charge in [-0.2, -0.15) is 0 Å². The van der Waals surface area contributed by atoms with Gasteiger partial charge in [0.15, 0.2) is 0 Å². The van der Waals surface area contributed by atoms with E-state index in [4.69, 9.17) is 46.4 Å². The molecule has 5 nitrogen and oxygen atoms in total. The topological polar surface area (TPSA) is 66.5 Å². The number of hydrogen-bond acceptors (Lipinski definition) is 3. The molecule has 180 valence electrons. The zero-order valence-electron chi connectivity index (χ0n) is 17.7. The molecule has 3 aromatic carbocycles. The second-order valence-electron chi connectivity index (χ2n) is 7.27. The van der Waals surface area contributed by atoms with E-state index in [0.29, 0.717) is 31.4 Å². The molecule has 1 amide bonds. The number of carbonyl (C=O) groups is 1. The molecule has 34 heavy (non-hydrogen) atoms. The van der Waals surface area contributed by atoms with Crippen molar-refractivity contribution >= 4 is 68.0 Å². The molecule has 0 saturated carbocycles. The Labute approximate surface area is 217 Å². The predicted molar refractivity (Wildman–Crippen MR) is 135 cm³/mol. The fraction of sp³-hybridized carbons (Fsp3) is 0.174. The van der Waals surface area contributed by atoms with Crippen molar-refractivity contribution < 1.29 is 17.6 Å². The van der Waals surface area contributed by atoms with Crippen LogP contribution in [0.3, 0.4) is 0 Å². The fourth-order valence-corrected chi connectivity index (χ4v) is 5.75. The van der Waals surface area contributed by atoms with Crippen LogP contribution in [0, 0.1) is 5.82 Å². The highest BCUT2D eigenvalue weighted by molar-refractivity contribution is 7.93. The minimum Gasteiger partial charge on any atom is -0.354 e. The van der Waals surface area contributed by atoms with Crippen LogP contribution in [-0.4, -0.2) is 26.9 Å². The third-order valence-electron chi connectivity index (χ3n) is 4.98. The Hall–Kier alpha value is -2.03. The van der Waals surface area contributed by atoms with Crippen molar-refractivity contribution in [2.75, 3.05) is 10.8 Å². The second kappa shape index (κ2) is 11.1. The number of hydrogen-bond donors (Lipinski definition) is 1. The van der Waals surface area contributed by atoms with E-state index in [9.17, 15) is 17.6 Å². The molecule has 0 radical (unpaired) electrons. The molecule has 0 fully saturated rings. The van der Waals surface area contributed by atoms with E-state index < -0.39 is 27.8 Å². The van der Waals surface area contributed by atoms with Crippen molar-refractivity contribution in [1.29, 1.82) is 0 Å². The summed E-state index contributed by atoms with van der Waals surface area (Å²) in [7, 11) is -4.37. The molecular formula is C23H19Cl4FN2O3S. The predicted octanol–water partition coefficient (Wildman–Crippen LogP) is 6.38. The first-order chi connectivity index (χ1) is 16.0. The Bertz CT molecular complexity index is 1280. The summed E-state index contributed by atoms with van der Waals surface area (Å²) < 4.78 is 42.5. The average Bonchev–Trinajstić information content (AvgIpc) is 2.78. The summed E-state index contributed by atoms with van der Waals surface area (Å²) in [6.45, 7) is 1.48.